The van der Waals surface area contributed by atoms with E-state index in [0.717, 1.165) is 18.4 Å². The predicted molar refractivity (Wildman–Crippen MR) is 56.8 cm³/mol. The van der Waals surface area contributed by atoms with Crippen molar-refractivity contribution in [1.82, 2.24) is 0 Å². The quantitative estimate of drug-likeness (QED) is 0.764. The van der Waals surface area contributed by atoms with E-state index in [2.05, 4.69) is 6.07 Å². The van der Waals surface area contributed by atoms with E-state index in [0.29, 0.717) is 5.92 Å². The maximum atomic E-state index is 9.88. The molecule has 2 heteroatoms. The van der Waals surface area contributed by atoms with Gasteiger partial charge in [0.05, 0.1) is 12.1 Å². The molecule has 0 amide bonds. The molecular weight excluding hydrogens is 174 g/mol. The highest BCUT2D eigenvalue weighted by Gasteiger charge is 2.34. The van der Waals surface area contributed by atoms with Gasteiger partial charge in [0.1, 0.15) is 0 Å². The Morgan fingerprint density at radius 3 is 2.71 bits per heavy atom. The number of benzene rings is 1. The molecule has 0 aromatic heterocycles. The molecule has 2 atom stereocenters. The number of hydrogen-bond acceptors (Lipinski definition) is 2. The highest BCUT2D eigenvalue weighted by atomic mass is 16.3. The van der Waals surface area contributed by atoms with Gasteiger partial charge >= 0.3 is 0 Å². The van der Waals surface area contributed by atoms with E-state index in [1.165, 1.54) is 5.56 Å². The smallest absolute Gasteiger partial charge is 0.0760 e. The van der Waals surface area contributed by atoms with Gasteiger partial charge in [0, 0.05) is 0 Å². The summed E-state index contributed by atoms with van der Waals surface area (Å²) in [6.07, 6.45) is 1.89. The van der Waals surface area contributed by atoms with Gasteiger partial charge in [0.25, 0.3) is 0 Å². The molecule has 2 rings (SSSR count). The SMILES string of the molecule is Cc1cccc([C@H](N)[C@H](O)C2CC2)c1. The molecule has 1 aliphatic rings. The Balaban J connectivity index is 2.13. The molecule has 1 fully saturated rings. The molecule has 0 bridgehead atoms. The van der Waals surface area contributed by atoms with Crippen LogP contribution < -0.4 is 5.73 Å². The van der Waals surface area contributed by atoms with Crippen molar-refractivity contribution in [2.24, 2.45) is 11.7 Å². The van der Waals surface area contributed by atoms with Crippen LogP contribution in [0.5, 0.6) is 0 Å². The van der Waals surface area contributed by atoms with Gasteiger partial charge in [-0.2, -0.15) is 0 Å². The average molecular weight is 191 g/mol. The summed E-state index contributed by atoms with van der Waals surface area (Å²) in [5, 5.41) is 9.88. The van der Waals surface area contributed by atoms with Gasteiger partial charge in [0.2, 0.25) is 0 Å². The Hall–Kier alpha value is -0.860. The molecule has 0 spiro atoms. The van der Waals surface area contributed by atoms with Gasteiger partial charge in [-0.15, -0.1) is 0 Å². The summed E-state index contributed by atoms with van der Waals surface area (Å²) >= 11 is 0. The van der Waals surface area contributed by atoms with E-state index in [-0.39, 0.29) is 12.1 Å². The summed E-state index contributed by atoms with van der Waals surface area (Å²) in [6.45, 7) is 2.04. The lowest BCUT2D eigenvalue weighted by molar-refractivity contribution is 0.122. The Kier molecular flexibility index (Phi) is 2.57. The van der Waals surface area contributed by atoms with Crippen LogP contribution in [-0.2, 0) is 0 Å². The minimum Gasteiger partial charge on any atom is -0.391 e. The lowest BCUT2D eigenvalue weighted by Crippen LogP contribution is -2.27. The van der Waals surface area contributed by atoms with Crippen LogP contribution in [0.2, 0.25) is 0 Å². The first-order valence-electron chi connectivity index (χ1n) is 5.18. The Morgan fingerprint density at radius 2 is 2.14 bits per heavy atom. The van der Waals surface area contributed by atoms with Crippen LogP contribution in [0.1, 0.15) is 30.0 Å². The van der Waals surface area contributed by atoms with E-state index in [1.807, 2.05) is 25.1 Å². The summed E-state index contributed by atoms with van der Waals surface area (Å²) in [5.41, 5.74) is 8.24. The molecule has 1 aromatic carbocycles. The molecule has 14 heavy (non-hydrogen) atoms. The fourth-order valence-electron chi connectivity index (χ4n) is 1.81. The molecule has 0 saturated heterocycles. The largest absolute Gasteiger partial charge is 0.391 e. The number of aliphatic hydroxyl groups excluding tert-OH is 1. The van der Waals surface area contributed by atoms with E-state index >= 15 is 0 Å². The van der Waals surface area contributed by atoms with Crippen molar-refractivity contribution in [3.63, 3.8) is 0 Å². The number of aryl methyl sites for hydroxylation is 1. The molecule has 3 N–H and O–H groups in total. The maximum Gasteiger partial charge on any atom is 0.0760 e. The van der Waals surface area contributed by atoms with Gasteiger partial charge in [-0.25, -0.2) is 0 Å². The van der Waals surface area contributed by atoms with E-state index < -0.39 is 0 Å². The fourth-order valence-corrected chi connectivity index (χ4v) is 1.81. The summed E-state index contributed by atoms with van der Waals surface area (Å²) in [4.78, 5) is 0. The standard InChI is InChI=1S/C12H17NO/c1-8-3-2-4-10(7-8)11(13)12(14)9-5-6-9/h2-4,7,9,11-12,14H,5-6,13H2,1H3/t11-,12+/m0/s1. The second-order valence-electron chi connectivity index (χ2n) is 4.27. The third-order valence-corrected chi connectivity index (χ3v) is 2.90. The Labute approximate surface area is 84.7 Å². The minimum atomic E-state index is -0.364. The molecule has 76 valence electrons. The number of nitrogens with two attached hydrogens (primary N) is 1. The van der Waals surface area contributed by atoms with Crippen molar-refractivity contribution in [1.29, 1.82) is 0 Å². The molecule has 1 aromatic rings. The third-order valence-electron chi connectivity index (χ3n) is 2.90. The fraction of sp³-hybridized carbons (Fsp3) is 0.500. The Morgan fingerprint density at radius 1 is 1.43 bits per heavy atom. The summed E-state index contributed by atoms with van der Waals surface area (Å²) in [5.74, 6) is 0.436. The highest BCUT2D eigenvalue weighted by molar-refractivity contribution is 5.26. The zero-order valence-corrected chi connectivity index (χ0v) is 8.48. The van der Waals surface area contributed by atoms with Crippen molar-refractivity contribution in [3.8, 4) is 0 Å². The van der Waals surface area contributed by atoms with E-state index in [4.69, 9.17) is 5.73 Å². The van der Waals surface area contributed by atoms with Crippen LogP contribution >= 0.6 is 0 Å². The van der Waals surface area contributed by atoms with Gasteiger partial charge in [-0.3, -0.25) is 0 Å². The predicted octanol–water partition coefficient (Wildman–Crippen LogP) is 1.77. The first kappa shape index (κ1) is 9.69. The second kappa shape index (κ2) is 3.71. The van der Waals surface area contributed by atoms with Crippen molar-refractivity contribution in [3.05, 3.63) is 35.4 Å². The topological polar surface area (TPSA) is 46.2 Å². The summed E-state index contributed by atoms with van der Waals surface area (Å²) < 4.78 is 0. The van der Waals surface area contributed by atoms with E-state index in [1.54, 1.807) is 0 Å². The van der Waals surface area contributed by atoms with Gasteiger partial charge < -0.3 is 10.8 Å². The zero-order valence-electron chi connectivity index (χ0n) is 8.48. The molecule has 2 nitrogen and oxygen atoms in total. The molecule has 0 radical (unpaired) electrons. The van der Waals surface area contributed by atoms with E-state index in [9.17, 15) is 5.11 Å². The van der Waals surface area contributed by atoms with Crippen molar-refractivity contribution < 1.29 is 5.11 Å². The van der Waals surface area contributed by atoms with Crippen molar-refractivity contribution in [2.45, 2.75) is 31.9 Å². The second-order valence-corrected chi connectivity index (χ2v) is 4.27. The first-order valence-corrected chi connectivity index (χ1v) is 5.18. The van der Waals surface area contributed by atoms with Crippen LogP contribution in [-0.4, -0.2) is 11.2 Å². The third kappa shape index (κ3) is 1.97. The average Bonchev–Trinajstić information content (AvgIpc) is 2.99. The number of aliphatic hydroxyl groups is 1. The van der Waals surface area contributed by atoms with Crippen molar-refractivity contribution in [2.75, 3.05) is 0 Å². The van der Waals surface area contributed by atoms with Crippen molar-refractivity contribution >= 4 is 0 Å². The molecular formula is C12H17NO. The van der Waals surface area contributed by atoms with Crippen LogP contribution in [0.3, 0.4) is 0 Å². The number of hydrogen-bond donors (Lipinski definition) is 2. The first-order chi connectivity index (χ1) is 6.68. The number of rotatable bonds is 3. The minimum absolute atomic E-state index is 0.220. The monoisotopic (exact) mass is 191 g/mol. The molecule has 0 aliphatic heterocycles. The van der Waals surface area contributed by atoms with Crippen LogP contribution in [0.4, 0.5) is 0 Å². The van der Waals surface area contributed by atoms with Gasteiger partial charge in [0.15, 0.2) is 0 Å². The molecule has 1 saturated carbocycles. The normalized spacial score (nSPS) is 20.5. The van der Waals surface area contributed by atoms with Crippen LogP contribution in [0, 0.1) is 12.8 Å². The highest BCUT2D eigenvalue weighted by Crippen LogP contribution is 2.37. The molecule has 1 aliphatic carbocycles. The lowest BCUT2D eigenvalue weighted by Gasteiger charge is -2.19. The lowest BCUT2D eigenvalue weighted by atomic mass is 9.98. The van der Waals surface area contributed by atoms with Crippen LogP contribution in [0.25, 0.3) is 0 Å². The zero-order chi connectivity index (χ0) is 10.1. The Bertz CT molecular complexity index is 320. The summed E-state index contributed by atoms with van der Waals surface area (Å²) in [7, 11) is 0. The summed E-state index contributed by atoms with van der Waals surface area (Å²) in [6, 6.07) is 7.85. The van der Waals surface area contributed by atoms with Gasteiger partial charge in [-0.1, -0.05) is 29.8 Å². The molecule has 0 unspecified atom stereocenters. The van der Waals surface area contributed by atoms with Crippen LogP contribution in [0.15, 0.2) is 24.3 Å². The van der Waals surface area contributed by atoms with Gasteiger partial charge in [-0.05, 0) is 31.2 Å². The molecule has 0 heterocycles. The maximum absolute atomic E-state index is 9.88.